The summed E-state index contributed by atoms with van der Waals surface area (Å²) in [5.41, 5.74) is -0.740. The molecule has 12 heteroatoms. The highest BCUT2D eigenvalue weighted by Gasteiger charge is 2.69. The number of rotatable bonds is 11. The van der Waals surface area contributed by atoms with Crippen LogP contribution in [0.4, 0.5) is 0 Å². The van der Waals surface area contributed by atoms with Crippen molar-refractivity contribution in [2.75, 3.05) is 6.54 Å². The molecule has 0 radical (unpaired) electrons. The molecule has 3 N–H and O–H groups in total. The number of aliphatic carboxylic acids is 1. The number of amides is 2. The Morgan fingerprint density at radius 3 is 2.45 bits per heavy atom. The van der Waals surface area contributed by atoms with Crippen LogP contribution in [0, 0.1) is 29.6 Å². The Hall–Kier alpha value is -2.28. The SMILES string of the molecule is CC(C)C(NC(=O)CCCNC(=O)CCC(=O)OC1OC2OC3(C)CCC4C(C)CCC(C1C)C24OO3)C(=O)O. The van der Waals surface area contributed by atoms with E-state index in [1.165, 1.54) is 0 Å². The van der Waals surface area contributed by atoms with Crippen molar-refractivity contribution in [2.24, 2.45) is 29.6 Å². The van der Waals surface area contributed by atoms with Gasteiger partial charge in [-0.2, -0.15) is 0 Å². The molecular weight excluding hydrogens is 524 g/mol. The van der Waals surface area contributed by atoms with Gasteiger partial charge in [-0.3, -0.25) is 14.4 Å². The number of esters is 1. The number of hydrogen-bond donors (Lipinski definition) is 3. The van der Waals surface area contributed by atoms with Crippen LogP contribution in [0.1, 0.15) is 86.0 Å². The molecule has 1 saturated carbocycles. The highest BCUT2D eigenvalue weighted by atomic mass is 17.3. The molecular formula is C28H44N2O10. The van der Waals surface area contributed by atoms with Crippen LogP contribution in [0.25, 0.3) is 0 Å². The predicted molar refractivity (Wildman–Crippen MR) is 139 cm³/mol. The summed E-state index contributed by atoms with van der Waals surface area (Å²) in [6, 6.07) is -0.953. The van der Waals surface area contributed by atoms with E-state index in [1.807, 2.05) is 13.8 Å². The monoisotopic (exact) mass is 568 g/mol. The fraction of sp³-hybridized carbons (Fsp3) is 0.857. The number of nitrogens with one attached hydrogen (secondary N) is 2. The van der Waals surface area contributed by atoms with E-state index in [2.05, 4.69) is 17.6 Å². The van der Waals surface area contributed by atoms with Crippen LogP contribution in [0.5, 0.6) is 0 Å². The minimum atomic E-state index is -1.08. The summed E-state index contributed by atoms with van der Waals surface area (Å²) in [5.74, 6) is -3.01. The number of ether oxygens (including phenoxy) is 3. The van der Waals surface area contributed by atoms with Gasteiger partial charge in [-0.05, 0) is 50.4 Å². The average Bonchev–Trinajstić information content (AvgIpc) is 3.12. The lowest BCUT2D eigenvalue weighted by atomic mass is 9.58. The van der Waals surface area contributed by atoms with E-state index >= 15 is 0 Å². The maximum Gasteiger partial charge on any atom is 0.326 e. The summed E-state index contributed by atoms with van der Waals surface area (Å²) in [6.07, 6.45) is 2.21. The Morgan fingerprint density at radius 2 is 1.75 bits per heavy atom. The van der Waals surface area contributed by atoms with Gasteiger partial charge in [0.2, 0.25) is 23.9 Å². The standard InChI is InChI=1S/C28H44N2O10/c1-15(2)23(24(34)35)30-21(32)7-6-14-29-20(31)10-11-22(33)36-25-17(4)19-9-8-16(3)18-12-13-27(5)38-26(37-25)28(18,19)40-39-27/h15-19,23,25-26H,6-14H2,1-5H3,(H,29,31)(H,30,32)(H,34,35). The Kier molecular flexibility index (Phi) is 9.43. The van der Waals surface area contributed by atoms with Crippen LogP contribution in [0.3, 0.4) is 0 Å². The molecule has 4 heterocycles. The summed E-state index contributed by atoms with van der Waals surface area (Å²) in [5, 5.41) is 14.3. The van der Waals surface area contributed by atoms with Gasteiger partial charge in [-0.1, -0.05) is 27.7 Å². The zero-order valence-corrected chi connectivity index (χ0v) is 24.1. The molecule has 1 aliphatic carbocycles. The number of fused-ring (bicyclic) bond motifs is 2. The van der Waals surface area contributed by atoms with Gasteiger partial charge in [-0.15, -0.1) is 0 Å². The maximum atomic E-state index is 12.7. The Labute approximate surface area is 235 Å². The second kappa shape index (κ2) is 12.3. The second-order valence-corrected chi connectivity index (χ2v) is 12.3. The molecule has 9 atom stereocenters. The molecule has 5 rings (SSSR count). The third kappa shape index (κ3) is 6.29. The van der Waals surface area contributed by atoms with Crippen molar-refractivity contribution in [1.29, 1.82) is 0 Å². The lowest BCUT2D eigenvalue weighted by Crippen LogP contribution is -2.70. The van der Waals surface area contributed by atoms with E-state index in [0.29, 0.717) is 18.8 Å². The van der Waals surface area contributed by atoms with Crippen molar-refractivity contribution >= 4 is 23.8 Å². The first-order valence-electron chi connectivity index (χ1n) is 14.5. The first-order valence-corrected chi connectivity index (χ1v) is 14.5. The summed E-state index contributed by atoms with van der Waals surface area (Å²) in [6.45, 7) is 9.72. The Bertz CT molecular complexity index is 975. The van der Waals surface area contributed by atoms with Crippen molar-refractivity contribution in [3.05, 3.63) is 0 Å². The van der Waals surface area contributed by atoms with Crippen LogP contribution >= 0.6 is 0 Å². The van der Waals surface area contributed by atoms with Gasteiger partial charge < -0.3 is 30.0 Å². The number of carboxylic acids is 1. The molecule has 2 amide bonds. The van der Waals surface area contributed by atoms with Gasteiger partial charge in [0.15, 0.2) is 11.9 Å². The molecule has 0 aromatic heterocycles. The highest BCUT2D eigenvalue weighted by Crippen LogP contribution is 2.60. The molecule has 9 unspecified atom stereocenters. The summed E-state index contributed by atoms with van der Waals surface area (Å²) >= 11 is 0. The summed E-state index contributed by atoms with van der Waals surface area (Å²) in [4.78, 5) is 60.0. The van der Waals surface area contributed by atoms with Gasteiger partial charge >= 0.3 is 11.9 Å². The van der Waals surface area contributed by atoms with Crippen LogP contribution in [0.15, 0.2) is 0 Å². The molecule has 0 aromatic rings. The minimum Gasteiger partial charge on any atom is -0.480 e. The predicted octanol–water partition coefficient (Wildman–Crippen LogP) is 2.64. The fourth-order valence-corrected chi connectivity index (χ4v) is 6.74. The van der Waals surface area contributed by atoms with Crippen molar-refractivity contribution in [3.8, 4) is 0 Å². The number of carbonyl (C=O) groups is 4. The lowest BCUT2D eigenvalue weighted by molar-refractivity contribution is -0.576. The molecule has 5 fully saturated rings. The van der Waals surface area contributed by atoms with Gasteiger partial charge in [0.05, 0.1) is 6.42 Å². The smallest absolute Gasteiger partial charge is 0.326 e. The van der Waals surface area contributed by atoms with Gasteiger partial charge in [-0.25, -0.2) is 14.6 Å². The molecule has 226 valence electrons. The van der Waals surface area contributed by atoms with E-state index < -0.39 is 47.9 Å². The lowest BCUT2D eigenvalue weighted by Gasteiger charge is -2.59. The van der Waals surface area contributed by atoms with Crippen molar-refractivity contribution < 1.29 is 48.3 Å². The van der Waals surface area contributed by atoms with Crippen LogP contribution in [-0.4, -0.2) is 65.4 Å². The molecule has 12 nitrogen and oxygen atoms in total. The van der Waals surface area contributed by atoms with Crippen molar-refractivity contribution in [3.63, 3.8) is 0 Å². The maximum absolute atomic E-state index is 12.7. The van der Waals surface area contributed by atoms with E-state index in [9.17, 15) is 19.2 Å². The zero-order valence-electron chi connectivity index (χ0n) is 24.1. The minimum absolute atomic E-state index is 0.0275. The zero-order chi connectivity index (χ0) is 29.2. The molecule has 5 aliphatic rings. The number of carbonyl (C=O) groups excluding carboxylic acids is 3. The molecule has 0 aromatic carbocycles. The Balaban J connectivity index is 1.22. The van der Waals surface area contributed by atoms with E-state index in [0.717, 1.165) is 19.3 Å². The third-order valence-corrected chi connectivity index (χ3v) is 9.05. The topological polar surface area (TPSA) is 159 Å². The second-order valence-electron chi connectivity index (χ2n) is 12.3. The van der Waals surface area contributed by atoms with Crippen LogP contribution in [-0.2, 0) is 43.2 Å². The Morgan fingerprint density at radius 1 is 1.00 bits per heavy atom. The first kappa shape index (κ1) is 30.7. The molecule has 1 spiro atoms. The highest BCUT2D eigenvalue weighted by molar-refractivity contribution is 5.84. The number of hydrogen-bond acceptors (Lipinski definition) is 9. The molecule has 4 saturated heterocycles. The number of carboxylic acid groups (broad SMARTS) is 1. The van der Waals surface area contributed by atoms with Crippen LogP contribution in [0.2, 0.25) is 0 Å². The molecule has 2 bridgehead atoms. The largest absolute Gasteiger partial charge is 0.480 e. The summed E-state index contributed by atoms with van der Waals surface area (Å²) < 4.78 is 18.2. The first-order chi connectivity index (χ1) is 18.9. The van der Waals surface area contributed by atoms with E-state index in [-0.39, 0.29) is 55.4 Å². The molecule has 40 heavy (non-hydrogen) atoms. The normalized spacial score (nSPS) is 37.1. The summed E-state index contributed by atoms with van der Waals surface area (Å²) in [7, 11) is 0. The van der Waals surface area contributed by atoms with Crippen LogP contribution < -0.4 is 10.6 Å². The van der Waals surface area contributed by atoms with Crippen molar-refractivity contribution in [1.82, 2.24) is 10.6 Å². The average molecular weight is 569 g/mol. The van der Waals surface area contributed by atoms with E-state index in [1.54, 1.807) is 13.8 Å². The molecule has 4 aliphatic heterocycles. The third-order valence-electron chi connectivity index (χ3n) is 9.05. The van der Waals surface area contributed by atoms with Gasteiger partial charge in [0, 0.05) is 37.6 Å². The van der Waals surface area contributed by atoms with Gasteiger partial charge in [0.1, 0.15) is 6.04 Å². The fourth-order valence-electron chi connectivity index (χ4n) is 6.74. The van der Waals surface area contributed by atoms with Crippen molar-refractivity contribution in [2.45, 2.75) is 116 Å². The van der Waals surface area contributed by atoms with Gasteiger partial charge in [0.25, 0.3) is 0 Å². The van der Waals surface area contributed by atoms with E-state index in [4.69, 9.17) is 29.1 Å². The quantitative estimate of drug-likeness (QED) is 0.192.